The number of rotatable bonds is 6. The zero-order valence-electron chi connectivity index (χ0n) is 10.7. The minimum atomic E-state index is 0.130. The van der Waals surface area contributed by atoms with Crippen LogP contribution in [0.4, 0.5) is 0 Å². The van der Waals surface area contributed by atoms with Crippen LogP contribution in [-0.2, 0) is 4.79 Å². The molecule has 1 fully saturated rings. The Labute approximate surface area is 99.4 Å². The highest BCUT2D eigenvalue weighted by molar-refractivity contribution is 5.77. The predicted molar refractivity (Wildman–Crippen MR) is 67.3 cm³/mol. The van der Waals surface area contributed by atoms with Crippen LogP contribution in [0.15, 0.2) is 0 Å². The summed E-state index contributed by atoms with van der Waals surface area (Å²) in [4.78, 5) is 11.3. The fourth-order valence-electron chi connectivity index (χ4n) is 2.54. The maximum Gasteiger partial charge on any atom is 0.233 e. The van der Waals surface area contributed by atoms with E-state index < -0.39 is 0 Å². The first-order chi connectivity index (χ1) is 7.72. The Morgan fingerprint density at radius 3 is 2.88 bits per heavy atom. The topological polar surface area (TPSA) is 41.1 Å². The minimum absolute atomic E-state index is 0.130. The Morgan fingerprint density at radius 1 is 1.38 bits per heavy atom. The lowest BCUT2D eigenvalue weighted by atomic mass is 9.81. The number of nitrogens with one attached hydrogen (secondary N) is 2. The van der Waals surface area contributed by atoms with Crippen LogP contribution in [0.5, 0.6) is 0 Å². The van der Waals surface area contributed by atoms with E-state index in [1.807, 2.05) is 6.92 Å². The van der Waals surface area contributed by atoms with Crippen LogP contribution in [0, 0.1) is 11.8 Å². The Bertz CT molecular complexity index is 206. The van der Waals surface area contributed by atoms with Crippen molar-refractivity contribution in [2.24, 2.45) is 11.8 Å². The molecule has 0 aromatic carbocycles. The van der Waals surface area contributed by atoms with E-state index in [-0.39, 0.29) is 5.91 Å². The fraction of sp³-hybridized carbons (Fsp3) is 0.923. The second-order valence-corrected chi connectivity index (χ2v) is 5.06. The largest absolute Gasteiger partial charge is 0.355 e. The Balaban J connectivity index is 2.03. The number of carbonyl (C=O) groups is 1. The van der Waals surface area contributed by atoms with Crippen molar-refractivity contribution >= 4 is 5.91 Å². The van der Waals surface area contributed by atoms with Gasteiger partial charge in [0.15, 0.2) is 0 Å². The van der Waals surface area contributed by atoms with Gasteiger partial charge < -0.3 is 10.6 Å². The van der Waals surface area contributed by atoms with Gasteiger partial charge in [-0.15, -0.1) is 0 Å². The third-order valence-electron chi connectivity index (χ3n) is 3.46. The summed E-state index contributed by atoms with van der Waals surface area (Å²) in [5.41, 5.74) is 0. The van der Waals surface area contributed by atoms with Crippen LogP contribution in [0.25, 0.3) is 0 Å². The molecule has 2 atom stereocenters. The molecule has 16 heavy (non-hydrogen) atoms. The van der Waals surface area contributed by atoms with Crippen molar-refractivity contribution in [2.45, 2.75) is 46.0 Å². The highest BCUT2D eigenvalue weighted by Gasteiger charge is 2.18. The van der Waals surface area contributed by atoms with Gasteiger partial charge in [0.25, 0.3) is 0 Å². The van der Waals surface area contributed by atoms with Crippen LogP contribution in [0.3, 0.4) is 0 Å². The zero-order chi connectivity index (χ0) is 11.8. The van der Waals surface area contributed by atoms with Crippen LogP contribution in [0.1, 0.15) is 46.0 Å². The van der Waals surface area contributed by atoms with Gasteiger partial charge in [-0.25, -0.2) is 0 Å². The molecule has 0 aromatic rings. The van der Waals surface area contributed by atoms with Gasteiger partial charge in [0.2, 0.25) is 5.91 Å². The van der Waals surface area contributed by atoms with Crippen molar-refractivity contribution in [2.75, 3.05) is 19.6 Å². The van der Waals surface area contributed by atoms with E-state index in [0.29, 0.717) is 6.54 Å². The first-order valence-electron chi connectivity index (χ1n) is 6.69. The fourth-order valence-corrected chi connectivity index (χ4v) is 2.54. The third kappa shape index (κ3) is 5.50. The summed E-state index contributed by atoms with van der Waals surface area (Å²) < 4.78 is 0. The summed E-state index contributed by atoms with van der Waals surface area (Å²) in [6.07, 6.45) is 6.62. The smallest absolute Gasteiger partial charge is 0.233 e. The van der Waals surface area contributed by atoms with Crippen molar-refractivity contribution < 1.29 is 4.79 Å². The summed E-state index contributed by atoms with van der Waals surface area (Å²) in [6, 6.07) is 0. The predicted octanol–water partition coefficient (Wildman–Crippen LogP) is 1.93. The molecule has 3 heteroatoms. The molecule has 0 bridgehead atoms. The molecule has 1 aliphatic rings. The standard InChI is InChI=1S/C13H26N2O/c1-3-14-10-13(16)15-8-7-12-6-4-5-11(2)9-12/h11-12,14H,3-10H2,1-2H3,(H,15,16). The van der Waals surface area contributed by atoms with Crippen LogP contribution < -0.4 is 10.6 Å². The molecule has 1 aliphatic carbocycles. The summed E-state index contributed by atoms with van der Waals surface area (Å²) >= 11 is 0. The second kappa shape index (κ2) is 7.66. The van der Waals surface area contributed by atoms with Gasteiger partial charge in [0.1, 0.15) is 0 Å². The molecule has 1 saturated carbocycles. The van der Waals surface area contributed by atoms with Gasteiger partial charge in [-0.2, -0.15) is 0 Å². The van der Waals surface area contributed by atoms with E-state index in [1.165, 1.54) is 25.7 Å². The molecular weight excluding hydrogens is 200 g/mol. The number of carbonyl (C=O) groups excluding carboxylic acids is 1. The molecule has 2 N–H and O–H groups in total. The molecule has 94 valence electrons. The van der Waals surface area contributed by atoms with Crippen LogP contribution in [0.2, 0.25) is 0 Å². The number of amides is 1. The Morgan fingerprint density at radius 2 is 2.19 bits per heavy atom. The summed E-state index contributed by atoms with van der Waals surface area (Å²) in [5.74, 6) is 1.85. The lowest BCUT2D eigenvalue weighted by Gasteiger charge is -2.26. The van der Waals surface area contributed by atoms with E-state index in [9.17, 15) is 4.79 Å². The van der Waals surface area contributed by atoms with Gasteiger partial charge >= 0.3 is 0 Å². The molecule has 0 aromatic heterocycles. The van der Waals surface area contributed by atoms with Crippen molar-refractivity contribution in [1.29, 1.82) is 0 Å². The average Bonchev–Trinajstić information content (AvgIpc) is 2.26. The number of hydrogen-bond donors (Lipinski definition) is 2. The normalized spacial score (nSPS) is 25.4. The summed E-state index contributed by atoms with van der Waals surface area (Å²) in [5, 5.41) is 6.01. The van der Waals surface area contributed by atoms with Crippen LogP contribution in [-0.4, -0.2) is 25.5 Å². The first kappa shape index (κ1) is 13.5. The molecule has 0 saturated heterocycles. The lowest BCUT2D eigenvalue weighted by Crippen LogP contribution is -2.35. The first-order valence-corrected chi connectivity index (χ1v) is 6.69. The van der Waals surface area contributed by atoms with Crippen molar-refractivity contribution in [3.05, 3.63) is 0 Å². The summed E-state index contributed by atoms with van der Waals surface area (Å²) in [7, 11) is 0. The second-order valence-electron chi connectivity index (χ2n) is 5.06. The average molecular weight is 226 g/mol. The molecule has 0 aliphatic heterocycles. The van der Waals surface area contributed by atoms with Crippen LogP contribution >= 0.6 is 0 Å². The van der Waals surface area contributed by atoms with Gasteiger partial charge in [-0.05, 0) is 31.2 Å². The highest BCUT2D eigenvalue weighted by atomic mass is 16.1. The van der Waals surface area contributed by atoms with Crippen molar-refractivity contribution in [3.63, 3.8) is 0 Å². The molecule has 0 radical (unpaired) electrons. The van der Waals surface area contributed by atoms with Crippen molar-refractivity contribution in [1.82, 2.24) is 10.6 Å². The molecule has 1 amide bonds. The summed E-state index contributed by atoms with van der Waals surface area (Å²) in [6.45, 7) is 6.51. The highest BCUT2D eigenvalue weighted by Crippen LogP contribution is 2.30. The molecule has 1 rings (SSSR count). The zero-order valence-corrected chi connectivity index (χ0v) is 10.7. The third-order valence-corrected chi connectivity index (χ3v) is 3.46. The monoisotopic (exact) mass is 226 g/mol. The van der Waals surface area contributed by atoms with E-state index >= 15 is 0 Å². The minimum Gasteiger partial charge on any atom is -0.355 e. The molecule has 3 nitrogen and oxygen atoms in total. The van der Waals surface area contributed by atoms with E-state index in [4.69, 9.17) is 0 Å². The Hall–Kier alpha value is -0.570. The van der Waals surface area contributed by atoms with E-state index in [0.717, 1.165) is 31.3 Å². The van der Waals surface area contributed by atoms with Crippen molar-refractivity contribution in [3.8, 4) is 0 Å². The Kier molecular flexibility index (Phi) is 6.46. The van der Waals surface area contributed by atoms with Gasteiger partial charge in [-0.1, -0.05) is 33.1 Å². The lowest BCUT2D eigenvalue weighted by molar-refractivity contribution is -0.120. The SMILES string of the molecule is CCNCC(=O)NCCC1CCCC(C)C1. The number of likely N-dealkylation sites (N-methyl/N-ethyl adjacent to an activating group) is 1. The molecule has 0 heterocycles. The molecule has 0 spiro atoms. The quantitative estimate of drug-likeness (QED) is 0.726. The van der Waals surface area contributed by atoms with Gasteiger partial charge in [0.05, 0.1) is 6.54 Å². The number of hydrogen-bond acceptors (Lipinski definition) is 2. The van der Waals surface area contributed by atoms with E-state index in [2.05, 4.69) is 17.6 Å². The van der Waals surface area contributed by atoms with E-state index in [1.54, 1.807) is 0 Å². The molecule has 2 unspecified atom stereocenters. The maximum atomic E-state index is 11.3. The molecular formula is C13H26N2O. The maximum absolute atomic E-state index is 11.3. The van der Waals surface area contributed by atoms with Gasteiger partial charge in [0, 0.05) is 6.54 Å². The van der Waals surface area contributed by atoms with Gasteiger partial charge in [-0.3, -0.25) is 4.79 Å².